The van der Waals surface area contributed by atoms with Crippen molar-refractivity contribution in [1.82, 2.24) is 5.32 Å². The molecule has 1 atom stereocenters. The first-order valence-electron chi connectivity index (χ1n) is 6.11. The summed E-state index contributed by atoms with van der Waals surface area (Å²) in [7, 11) is 5.21. The predicted octanol–water partition coefficient (Wildman–Crippen LogP) is 1.58. The van der Waals surface area contributed by atoms with Crippen LogP contribution in [0.4, 0.5) is 5.69 Å². The molecule has 1 unspecified atom stereocenters. The molecule has 0 bridgehead atoms. The molecule has 0 aromatic heterocycles. The van der Waals surface area contributed by atoms with E-state index >= 15 is 0 Å². The maximum atomic E-state index is 11.4. The molecule has 0 fully saturated rings. The maximum absolute atomic E-state index is 11.4. The van der Waals surface area contributed by atoms with E-state index in [1.807, 2.05) is 13.1 Å². The Labute approximate surface area is 109 Å². The smallest absolute Gasteiger partial charge is 0.322 e. The van der Waals surface area contributed by atoms with E-state index in [2.05, 4.69) is 35.3 Å². The largest absolute Gasteiger partial charge is 0.468 e. The number of nitrogens with zero attached hydrogens (tertiary/aromatic N) is 1. The fourth-order valence-electron chi connectivity index (χ4n) is 1.84. The average Bonchev–Trinajstić information content (AvgIpc) is 2.38. The molecule has 1 N–H and O–H groups in total. The van der Waals surface area contributed by atoms with Gasteiger partial charge in [-0.2, -0.15) is 0 Å². The van der Waals surface area contributed by atoms with E-state index in [4.69, 9.17) is 4.74 Å². The van der Waals surface area contributed by atoms with Gasteiger partial charge >= 0.3 is 5.97 Å². The SMILES string of the molecule is CNC(CCN(C)c1cccc(C)c1)C(=O)OC. The molecule has 0 heterocycles. The van der Waals surface area contributed by atoms with Gasteiger partial charge in [0.2, 0.25) is 0 Å². The molecule has 0 aliphatic rings. The molecule has 0 saturated carbocycles. The molecule has 100 valence electrons. The van der Waals surface area contributed by atoms with Crippen molar-refractivity contribution in [3.8, 4) is 0 Å². The lowest BCUT2D eigenvalue weighted by Crippen LogP contribution is -2.38. The van der Waals surface area contributed by atoms with Crippen molar-refractivity contribution in [2.24, 2.45) is 0 Å². The van der Waals surface area contributed by atoms with E-state index in [0.717, 1.165) is 12.2 Å². The minimum atomic E-state index is -0.248. The van der Waals surface area contributed by atoms with Gasteiger partial charge in [-0.25, -0.2) is 0 Å². The molecule has 0 saturated heterocycles. The van der Waals surface area contributed by atoms with Gasteiger partial charge in [0, 0.05) is 19.3 Å². The Kier molecular flexibility index (Phi) is 5.65. The van der Waals surface area contributed by atoms with Crippen LogP contribution in [-0.4, -0.2) is 39.8 Å². The molecule has 0 amide bonds. The van der Waals surface area contributed by atoms with Gasteiger partial charge < -0.3 is 15.0 Å². The summed E-state index contributed by atoms with van der Waals surface area (Å²) in [6.07, 6.45) is 0.716. The number of hydrogen-bond acceptors (Lipinski definition) is 4. The summed E-state index contributed by atoms with van der Waals surface area (Å²) >= 11 is 0. The second-order valence-corrected chi connectivity index (χ2v) is 4.41. The quantitative estimate of drug-likeness (QED) is 0.778. The number of carbonyl (C=O) groups is 1. The Bertz CT molecular complexity index is 393. The first-order chi connectivity index (χ1) is 8.58. The third kappa shape index (κ3) is 4.04. The minimum Gasteiger partial charge on any atom is -0.468 e. The molecule has 1 aromatic rings. The van der Waals surface area contributed by atoms with Crippen LogP contribution in [0.5, 0.6) is 0 Å². The second-order valence-electron chi connectivity index (χ2n) is 4.41. The van der Waals surface area contributed by atoms with Crippen LogP contribution in [0.1, 0.15) is 12.0 Å². The monoisotopic (exact) mass is 250 g/mol. The van der Waals surface area contributed by atoms with Crippen LogP contribution in [0.15, 0.2) is 24.3 Å². The third-order valence-electron chi connectivity index (χ3n) is 3.03. The highest BCUT2D eigenvalue weighted by molar-refractivity contribution is 5.75. The lowest BCUT2D eigenvalue weighted by Gasteiger charge is -2.22. The van der Waals surface area contributed by atoms with Crippen LogP contribution >= 0.6 is 0 Å². The number of anilines is 1. The zero-order valence-electron chi connectivity index (χ0n) is 11.6. The second kappa shape index (κ2) is 7.01. The average molecular weight is 250 g/mol. The first-order valence-corrected chi connectivity index (χ1v) is 6.11. The standard InChI is InChI=1S/C14H22N2O2/c1-11-6-5-7-12(10-11)16(3)9-8-13(15-2)14(17)18-4/h5-7,10,13,15H,8-9H2,1-4H3. The van der Waals surface area contributed by atoms with Gasteiger partial charge in [-0.15, -0.1) is 0 Å². The molecule has 0 radical (unpaired) electrons. The third-order valence-corrected chi connectivity index (χ3v) is 3.03. The highest BCUT2D eigenvalue weighted by atomic mass is 16.5. The maximum Gasteiger partial charge on any atom is 0.322 e. The van der Waals surface area contributed by atoms with E-state index in [0.29, 0.717) is 6.42 Å². The predicted molar refractivity (Wildman–Crippen MR) is 73.9 cm³/mol. The van der Waals surface area contributed by atoms with Gasteiger partial charge in [-0.1, -0.05) is 12.1 Å². The number of ether oxygens (including phenoxy) is 1. The molecule has 4 heteroatoms. The van der Waals surface area contributed by atoms with Crippen molar-refractivity contribution >= 4 is 11.7 Å². The Balaban J connectivity index is 2.54. The lowest BCUT2D eigenvalue weighted by atomic mass is 10.1. The van der Waals surface area contributed by atoms with Crippen LogP contribution in [0.25, 0.3) is 0 Å². The summed E-state index contributed by atoms with van der Waals surface area (Å²) in [4.78, 5) is 13.6. The number of methoxy groups -OCH3 is 1. The van der Waals surface area contributed by atoms with Crippen LogP contribution in [0.2, 0.25) is 0 Å². The molecular weight excluding hydrogens is 228 g/mol. The summed E-state index contributed by atoms with van der Waals surface area (Å²) < 4.78 is 4.74. The van der Waals surface area contributed by atoms with Crippen molar-refractivity contribution in [2.45, 2.75) is 19.4 Å². The summed E-state index contributed by atoms with van der Waals surface area (Å²) in [5.74, 6) is -0.213. The Morgan fingerprint density at radius 3 is 2.78 bits per heavy atom. The zero-order chi connectivity index (χ0) is 13.5. The Morgan fingerprint density at radius 2 is 2.22 bits per heavy atom. The normalized spacial score (nSPS) is 12.0. The number of carbonyl (C=O) groups excluding carboxylic acids is 1. The van der Waals surface area contributed by atoms with Gasteiger partial charge in [0.05, 0.1) is 7.11 Å². The fourth-order valence-corrected chi connectivity index (χ4v) is 1.84. The van der Waals surface area contributed by atoms with Crippen LogP contribution in [0.3, 0.4) is 0 Å². The molecule has 4 nitrogen and oxygen atoms in total. The van der Waals surface area contributed by atoms with Crippen molar-refractivity contribution in [1.29, 1.82) is 0 Å². The van der Waals surface area contributed by atoms with Crippen molar-refractivity contribution in [2.75, 3.05) is 32.6 Å². The van der Waals surface area contributed by atoms with Gasteiger partial charge in [-0.05, 0) is 38.1 Å². The van der Waals surface area contributed by atoms with Crippen molar-refractivity contribution in [3.63, 3.8) is 0 Å². The minimum absolute atomic E-state index is 0.213. The van der Waals surface area contributed by atoms with Crippen LogP contribution in [0, 0.1) is 6.92 Å². The van der Waals surface area contributed by atoms with Gasteiger partial charge in [0.15, 0.2) is 0 Å². The highest BCUT2D eigenvalue weighted by Gasteiger charge is 2.17. The zero-order valence-corrected chi connectivity index (χ0v) is 11.6. The van der Waals surface area contributed by atoms with E-state index in [1.165, 1.54) is 12.7 Å². The summed E-state index contributed by atoms with van der Waals surface area (Å²) in [6.45, 7) is 2.87. The number of likely N-dealkylation sites (N-methyl/N-ethyl adjacent to an activating group) is 1. The summed E-state index contributed by atoms with van der Waals surface area (Å²) in [5.41, 5.74) is 2.40. The van der Waals surface area contributed by atoms with Gasteiger partial charge in [0.25, 0.3) is 0 Å². The lowest BCUT2D eigenvalue weighted by molar-refractivity contribution is -0.143. The number of benzene rings is 1. The van der Waals surface area contributed by atoms with E-state index in [-0.39, 0.29) is 12.0 Å². The van der Waals surface area contributed by atoms with Crippen molar-refractivity contribution in [3.05, 3.63) is 29.8 Å². The molecule has 0 aliphatic carbocycles. The molecule has 1 aromatic carbocycles. The number of hydrogen-bond donors (Lipinski definition) is 1. The van der Waals surface area contributed by atoms with E-state index in [9.17, 15) is 4.79 Å². The van der Waals surface area contributed by atoms with Gasteiger partial charge in [0.1, 0.15) is 6.04 Å². The molecular formula is C14H22N2O2. The van der Waals surface area contributed by atoms with E-state index < -0.39 is 0 Å². The summed E-state index contributed by atoms with van der Waals surface area (Å²) in [6, 6.07) is 8.06. The van der Waals surface area contributed by atoms with Crippen molar-refractivity contribution < 1.29 is 9.53 Å². The number of rotatable bonds is 6. The number of nitrogens with one attached hydrogen (secondary N) is 1. The molecule has 18 heavy (non-hydrogen) atoms. The fraction of sp³-hybridized carbons (Fsp3) is 0.500. The number of esters is 1. The van der Waals surface area contributed by atoms with Crippen LogP contribution < -0.4 is 10.2 Å². The molecule has 1 rings (SSSR count). The first kappa shape index (κ1) is 14.5. The van der Waals surface area contributed by atoms with Gasteiger partial charge in [-0.3, -0.25) is 4.79 Å². The molecule has 0 aliphatic heterocycles. The molecule has 0 spiro atoms. The Hall–Kier alpha value is -1.55. The number of aryl methyl sites for hydroxylation is 1. The van der Waals surface area contributed by atoms with E-state index in [1.54, 1.807) is 7.05 Å². The topological polar surface area (TPSA) is 41.6 Å². The van der Waals surface area contributed by atoms with Crippen LogP contribution in [-0.2, 0) is 9.53 Å². The summed E-state index contributed by atoms with van der Waals surface area (Å²) in [5, 5.41) is 2.97. The Morgan fingerprint density at radius 1 is 1.50 bits per heavy atom. The highest BCUT2D eigenvalue weighted by Crippen LogP contribution is 2.14.